The minimum absolute atomic E-state index is 0.0182. The lowest BCUT2D eigenvalue weighted by molar-refractivity contribution is -0.157. The first-order chi connectivity index (χ1) is 16.6. The molecule has 3 atom stereocenters. The first kappa shape index (κ1) is 24.2. The van der Waals surface area contributed by atoms with Crippen molar-refractivity contribution in [2.24, 2.45) is 5.41 Å². The second-order valence-electron chi connectivity index (χ2n) is 9.41. The monoisotopic (exact) mass is 512 g/mol. The predicted octanol–water partition coefficient (Wildman–Crippen LogP) is 3.46. The molecule has 1 amide bonds. The zero-order chi connectivity index (χ0) is 25.0. The van der Waals surface area contributed by atoms with Gasteiger partial charge in [0.1, 0.15) is 17.7 Å². The summed E-state index contributed by atoms with van der Waals surface area (Å²) in [6, 6.07) is 8.23. The van der Waals surface area contributed by atoms with Crippen LogP contribution in [0, 0.1) is 17.0 Å². The van der Waals surface area contributed by atoms with E-state index < -0.39 is 51.0 Å². The van der Waals surface area contributed by atoms with E-state index in [-0.39, 0.29) is 35.6 Å². The summed E-state index contributed by atoms with van der Waals surface area (Å²) in [5, 5.41) is 0. The molecule has 6 nitrogen and oxygen atoms in total. The van der Waals surface area contributed by atoms with E-state index in [2.05, 4.69) is 4.72 Å². The van der Waals surface area contributed by atoms with Gasteiger partial charge in [0.05, 0.1) is 12.6 Å². The number of ether oxygens (including phenoxy) is 1. The lowest BCUT2D eigenvalue weighted by Gasteiger charge is -2.34. The number of halogens is 4. The Kier molecular flexibility index (Phi) is 6.13. The summed E-state index contributed by atoms with van der Waals surface area (Å²) in [5.41, 5.74) is -0.486. The van der Waals surface area contributed by atoms with Gasteiger partial charge in [-0.3, -0.25) is 4.79 Å². The Bertz CT molecular complexity index is 1250. The molecule has 35 heavy (non-hydrogen) atoms. The second-order valence-corrected chi connectivity index (χ2v) is 11.1. The number of rotatable bonds is 7. The van der Waals surface area contributed by atoms with Crippen LogP contribution in [0.15, 0.2) is 42.5 Å². The van der Waals surface area contributed by atoms with Crippen LogP contribution in [0.3, 0.4) is 0 Å². The van der Waals surface area contributed by atoms with E-state index in [1.165, 1.54) is 35.2 Å². The lowest BCUT2D eigenvalue weighted by atomic mass is 9.91. The van der Waals surface area contributed by atoms with E-state index in [1.54, 1.807) is 12.1 Å². The molecule has 188 valence electrons. The number of amides is 1. The molecule has 0 aromatic heterocycles. The molecule has 0 radical (unpaired) electrons. The summed E-state index contributed by atoms with van der Waals surface area (Å²) in [7, 11) is -4.96. The molecule has 0 bridgehead atoms. The number of carbonyl (C=O) groups is 1. The molecule has 1 aliphatic carbocycles. The van der Waals surface area contributed by atoms with Gasteiger partial charge in [-0.05, 0) is 30.9 Å². The molecule has 1 spiro atoms. The van der Waals surface area contributed by atoms with Crippen LogP contribution in [0.25, 0.3) is 11.1 Å². The first-order valence-electron chi connectivity index (χ1n) is 11.4. The van der Waals surface area contributed by atoms with Crippen molar-refractivity contribution < 1.29 is 35.5 Å². The quantitative estimate of drug-likeness (QED) is 0.577. The molecule has 3 aliphatic rings. The molecule has 1 saturated carbocycles. The second kappa shape index (κ2) is 8.86. The van der Waals surface area contributed by atoms with Crippen molar-refractivity contribution in [3.8, 4) is 11.1 Å². The average Bonchev–Trinajstić information content (AvgIpc) is 3.49. The van der Waals surface area contributed by atoms with E-state index in [0.717, 1.165) is 0 Å². The van der Waals surface area contributed by atoms with Crippen LogP contribution in [-0.4, -0.2) is 56.3 Å². The predicted molar refractivity (Wildman–Crippen MR) is 119 cm³/mol. The molecule has 1 N–H and O–H groups in total. The topological polar surface area (TPSA) is 75.7 Å². The fourth-order valence-electron chi connectivity index (χ4n) is 5.14. The number of sulfonamides is 1. The number of carbonyl (C=O) groups excluding carboxylic acids is 1. The Hall–Kier alpha value is -2.50. The molecule has 11 heteroatoms. The summed E-state index contributed by atoms with van der Waals surface area (Å²) < 4.78 is 88.1. The number of likely N-dealkylation sites (tertiary alicyclic amines) is 1. The van der Waals surface area contributed by atoms with Crippen LogP contribution in [0.5, 0.6) is 0 Å². The van der Waals surface area contributed by atoms with Gasteiger partial charge in [-0.2, -0.15) is 8.78 Å². The van der Waals surface area contributed by atoms with E-state index in [4.69, 9.17) is 4.74 Å². The third-order valence-corrected chi connectivity index (χ3v) is 8.33. The molecule has 2 saturated heterocycles. The van der Waals surface area contributed by atoms with Gasteiger partial charge < -0.3 is 9.64 Å². The van der Waals surface area contributed by atoms with Crippen LogP contribution in [0.1, 0.15) is 24.8 Å². The maximum absolute atomic E-state index is 15.6. The summed E-state index contributed by atoms with van der Waals surface area (Å²) >= 11 is 0. The van der Waals surface area contributed by atoms with Crippen molar-refractivity contribution in [2.45, 2.75) is 49.6 Å². The number of hydrogen-bond donors (Lipinski definition) is 1. The molecule has 1 unspecified atom stereocenters. The van der Waals surface area contributed by atoms with Crippen molar-refractivity contribution in [3.63, 3.8) is 0 Å². The maximum Gasteiger partial charge on any atom is 0.350 e. The van der Waals surface area contributed by atoms with Gasteiger partial charge in [-0.1, -0.05) is 36.4 Å². The lowest BCUT2D eigenvalue weighted by Crippen LogP contribution is -2.53. The van der Waals surface area contributed by atoms with Gasteiger partial charge in [0, 0.05) is 35.5 Å². The number of benzene rings is 2. The maximum atomic E-state index is 15.6. The minimum atomic E-state index is -4.96. The van der Waals surface area contributed by atoms with Crippen LogP contribution in [0.2, 0.25) is 0 Å². The van der Waals surface area contributed by atoms with Gasteiger partial charge in [0.2, 0.25) is 0 Å². The Balaban J connectivity index is 1.52. The summed E-state index contributed by atoms with van der Waals surface area (Å²) in [5.74, 6) is -5.32. The zero-order valence-electron chi connectivity index (χ0n) is 18.6. The molecule has 2 heterocycles. The summed E-state index contributed by atoms with van der Waals surface area (Å²) in [4.78, 5) is 14.6. The van der Waals surface area contributed by atoms with E-state index in [1.807, 2.05) is 0 Å². The zero-order valence-corrected chi connectivity index (χ0v) is 19.4. The molecule has 3 fully saturated rings. The number of nitrogens with zero attached hydrogens (tertiary/aromatic N) is 1. The van der Waals surface area contributed by atoms with Crippen molar-refractivity contribution in [2.75, 3.05) is 13.2 Å². The van der Waals surface area contributed by atoms with Gasteiger partial charge in [-0.15, -0.1) is 0 Å². The largest absolute Gasteiger partial charge is 0.368 e. The van der Waals surface area contributed by atoms with Gasteiger partial charge >= 0.3 is 5.76 Å². The van der Waals surface area contributed by atoms with E-state index in [0.29, 0.717) is 25.9 Å². The highest BCUT2D eigenvalue weighted by atomic mass is 32.2. The number of hydrogen-bond acceptors (Lipinski definition) is 4. The van der Waals surface area contributed by atoms with Crippen molar-refractivity contribution in [1.82, 2.24) is 9.62 Å². The highest BCUT2D eigenvalue weighted by Crippen LogP contribution is 2.56. The number of nitrogens with one attached hydrogen (secondary N) is 1. The standard InChI is InChI=1S/C24H24F4N2O4S/c25-17-7-2-1-5-15(17)16-6-3-4-14(20(16)26)12-18-21(29-35(32,33)23(27)28)24(9-10-24)13-30(18)22(31)19-8-11-34-19/h1-7,18-19,21,23,29H,8-13H2/t18-,19?,21+/m0/s1. The fourth-order valence-corrected chi connectivity index (χ4v) is 6.00. The Labute approximate surface area is 200 Å². The minimum Gasteiger partial charge on any atom is -0.368 e. The Morgan fingerprint density at radius 1 is 1.11 bits per heavy atom. The third kappa shape index (κ3) is 4.34. The van der Waals surface area contributed by atoms with Crippen molar-refractivity contribution in [1.29, 1.82) is 0 Å². The molecular formula is C24H24F4N2O4S. The van der Waals surface area contributed by atoms with Crippen LogP contribution < -0.4 is 4.72 Å². The van der Waals surface area contributed by atoms with Gasteiger partial charge in [0.15, 0.2) is 0 Å². The normalized spacial score (nSPS) is 25.2. The smallest absolute Gasteiger partial charge is 0.350 e. The molecular weight excluding hydrogens is 488 g/mol. The highest BCUT2D eigenvalue weighted by Gasteiger charge is 2.62. The Morgan fingerprint density at radius 2 is 1.80 bits per heavy atom. The summed E-state index contributed by atoms with van der Waals surface area (Å²) in [6.45, 7) is 0.586. The average molecular weight is 513 g/mol. The molecule has 2 aromatic carbocycles. The third-order valence-electron chi connectivity index (χ3n) is 7.28. The van der Waals surface area contributed by atoms with Crippen molar-refractivity contribution >= 4 is 15.9 Å². The van der Waals surface area contributed by atoms with Crippen LogP contribution in [-0.2, 0) is 26.0 Å². The summed E-state index contributed by atoms with van der Waals surface area (Å²) in [6.07, 6.45) is 0.776. The molecule has 2 aliphatic heterocycles. The van der Waals surface area contributed by atoms with Crippen LogP contribution >= 0.6 is 0 Å². The van der Waals surface area contributed by atoms with E-state index >= 15 is 4.39 Å². The van der Waals surface area contributed by atoms with E-state index in [9.17, 15) is 26.4 Å². The van der Waals surface area contributed by atoms with Crippen molar-refractivity contribution in [3.05, 3.63) is 59.7 Å². The van der Waals surface area contributed by atoms with Gasteiger partial charge in [-0.25, -0.2) is 21.9 Å². The van der Waals surface area contributed by atoms with Crippen LogP contribution in [0.4, 0.5) is 17.6 Å². The highest BCUT2D eigenvalue weighted by molar-refractivity contribution is 7.89. The Morgan fingerprint density at radius 3 is 2.40 bits per heavy atom. The fraction of sp³-hybridized carbons (Fsp3) is 0.458. The first-order valence-corrected chi connectivity index (χ1v) is 12.9. The SMILES string of the molecule is O=C(C1CCO1)N1CC2(CC2)[C@H](NS(=O)(=O)C(F)F)[C@@H]1Cc1cccc(-c2ccccc2F)c1F. The molecule has 2 aromatic rings. The molecule has 5 rings (SSSR count). The number of alkyl halides is 2. The van der Waals surface area contributed by atoms with Gasteiger partial charge in [0.25, 0.3) is 15.9 Å².